The summed E-state index contributed by atoms with van der Waals surface area (Å²) in [6.45, 7) is 2.49. The van der Waals surface area contributed by atoms with Crippen molar-refractivity contribution in [3.05, 3.63) is 22.4 Å². The lowest BCUT2D eigenvalue weighted by molar-refractivity contribution is -0.127. The Morgan fingerprint density at radius 1 is 1.58 bits per heavy atom. The first kappa shape index (κ1) is 14.0. The molecule has 1 atom stereocenters. The molecular weight excluding hydrogens is 282 g/mol. The zero-order valence-corrected chi connectivity index (χ0v) is 12.6. The average molecular weight is 297 g/mol. The second kappa shape index (κ2) is 6.16. The van der Waals surface area contributed by atoms with Crippen molar-refractivity contribution in [1.82, 2.24) is 25.1 Å². The fourth-order valence-electron chi connectivity index (χ4n) is 1.50. The van der Waals surface area contributed by atoms with E-state index in [9.17, 15) is 4.79 Å². The molecule has 0 spiro atoms. The van der Waals surface area contributed by atoms with Crippen LogP contribution in [0.3, 0.4) is 0 Å². The van der Waals surface area contributed by atoms with Crippen molar-refractivity contribution in [3.8, 4) is 0 Å². The van der Waals surface area contributed by atoms with Crippen molar-refractivity contribution >= 4 is 29.0 Å². The molecule has 0 bridgehead atoms. The van der Waals surface area contributed by atoms with Crippen LogP contribution in [-0.2, 0) is 11.3 Å². The van der Waals surface area contributed by atoms with Gasteiger partial charge in [-0.15, -0.1) is 16.4 Å². The summed E-state index contributed by atoms with van der Waals surface area (Å²) in [5.74, 6) is 0.0515. The molecular formula is C11H15N5OS2. The quantitative estimate of drug-likeness (QED) is 0.780. The fraction of sp³-hybridized carbons (Fsp3) is 0.455. The third kappa shape index (κ3) is 3.54. The molecule has 2 aromatic rings. The number of hydrogen-bond acceptors (Lipinski definition) is 6. The lowest BCUT2D eigenvalue weighted by atomic mass is 10.4. The summed E-state index contributed by atoms with van der Waals surface area (Å²) in [6.07, 6.45) is 0. The second-order valence-corrected chi connectivity index (χ2v) is 6.53. The van der Waals surface area contributed by atoms with Gasteiger partial charge in [-0.2, -0.15) is 0 Å². The molecule has 0 fully saturated rings. The van der Waals surface area contributed by atoms with Gasteiger partial charge in [0.25, 0.3) is 0 Å². The van der Waals surface area contributed by atoms with Gasteiger partial charge in [-0.3, -0.25) is 4.79 Å². The van der Waals surface area contributed by atoms with E-state index in [1.165, 1.54) is 16.6 Å². The summed E-state index contributed by atoms with van der Waals surface area (Å²) in [5.41, 5.74) is 0. The van der Waals surface area contributed by atoms with Crippen molar-refractivity contribution in [2.24, 2.45) is 0 Å². The van der Waals surface area contributed by atoms with Gasteiger partial charge in [0, 0.05) is 19.0 Å². The molecule has 0 aliphatic carbocycles. The molecule has 102 valence electrons. The van der Waals surface area contributed by atoms with Crippen LogP contribution in [0.5, 0.6) is 0 Å². The summed E-state index contributed by atoms with van der Waals surface area (Å²) in [6, 6.07) is 4.03. The molecule has 0 aliphatic rings. The largest absolute Gasteiger partial charge is 0.348 e. The van der Waals surface area contributed by atoms with Gasteiger partial charge in [0.05, 0.1) is 11.8 Å². The van der Waals surface area contributed by atoms with Gasteiger partial charge in [-0.05, 0) is 28.8 Å². The van der Waals surface area contributed by atoms with E-state index < -0.39 is 0 Å². The molecule has 1 amide bonds. The van der Waals surface area contributed by atoms with E-state index in [1.807, 2.05) is 24.4 Å². The standard InChI is InChI=1S/C11H15N5OS2/c1-8(10(17)15(2)3)19-11-12-13-14-16(11)7-9-5-4-6-18-9/h4-6,8H,7H2,1-3H3/t8-/m0/s1. The molecule has 2 rings (SSSR count). The first-order chi connectivity index (χ1) is 9.08. The number of tetrazole rings is 1. The minimum Gasteiger partial charge on any atom is -0.348 e. The highest BCUT2D eigenvalue weighted by Crippen LogP contribution is 2.22. The Balaban J connectivity index is 2.05. The van der Waals surface area contributed by atoms with Crippen LogP contribution in [0.1, 0.15) is 11.8 Å². The first-order valence-electron chi connectivity index (χ1n) is 5.74. The second-order valence-electron chi connectivity index (χ2n) is 4.19. The molecule has 6 nitrogen and oxygen atoms in total. The average Bonchev–Trinajstić information content (AvgIpc) is 3.01. The Hall–Kier alpha value is -1.41. The van der Waals surface area contributed by atoms with Crippen LogP contribution in [0.15, 0.2) is 22.7 Å². The summed E-state index contributed by atoms with van der Waals surface area (Å²) >= 11 is 3.03. The molecule has 0 aliphatic heterocycles. The summed E-state index contributed by atoms with van der Waals surface area (Å²) < 4.78 is 1.72. The van der Waals surface area contributed by atoms with E-state index in [-0.39, 0.29) is 11.2 Å². The normalized spacial score (nSPS) is 12.4. The van der Waals surface area contributed by atoms with Crippen molar-refractivity contribution in [2.75, 3.05) is 14.1 Å². The Labute approximate surface area is 119 Å². The predicted octanol–water partition coefficient (Wildman–Crippen LogP) is 1.35. The zero-order chi connectivity index (χ0) is 13.8. The Morgan fingerprint density at radius 2 is 2.37 bits per heavy atom. The molecule has 8 heteroatoms. The van der Waals surface area contributed by atoms with Gasteiger partial charge in [-0.1, -0.05) is 17.8 Å². The molecule has 0 saturated heterocycles. The van der Waals surface area contributed by atoms with Crippen molar-refractivity contribution in [1.29, 1.82) is 0 Å². The van der Waals surface area contributed by atoms with Crippen LogP contribution in [0, 0.1) is 0 Å². The van der Waals surface area contributed by atoms with E-state index in [1.54, 1.807) is 35.0 Å². The van der Waals surface area contributed by atoms with Crippen LogP contribution in [0.4, 0.5) is 0 Å². The smallest absolute Gasteiger partial charge is 0.235 e. The van der Waals surface area contributed by atoms with Gasteiger partial charge in [0.1, 0.15) is 0 Å². The number of carbonyl (C=O) groups excluding carboxylic acids is 1. The zero-order valence-electron chi connectivity index (χ0n) is 11.0. The van der Waals surface area contributed by atoms with Crippen molar-refractivity contribution in [2.45, 2.75) is 23.9 Å². The van der Waals surface area contributed by atoms with Crippen molar-refractivity contribution < 1.29 is 4.79 Å². The number of thioether (sulfide) groups is 1. The van der Waals surface area contributed by atoms with Gasteiger partial charge in [-0.25, -0.2) is 4.68 Å². The van der Waals surface area contributed by atoms with Crippen LogP contribution in [0.2, 0.25) is 0 Å². The van der Waals surface area contributed by atoms with Crippen LogP contribution in [0.25, 0.3) is 0 Å². The van der Waals surface area contributed by atoms with E-state index in [2.05, 4.69) is 15.5 Å². The van der Waals surface area contributed by atoms with E-state index in [0.29, 0.717) is 11.7 Å². The SMILES string of the molecule is C[C@H](Sc1nnnn1Cc1cccs1)C(=O)N(C)C. The highest BCUT2D eigenvalue weighted by atomic mass is 32.2. The number of thiophene rings is 1. The number of amides is 1. The van der Waals surface area contributed by atoms with Gasteiger partial charge < -0.3 is 4.90 Å². The molecule has 2 aromatic heterocycles. The van der Waals surface area contributed by atoms with E-state index >= 15 is 0 Å². The minimum absolute atomic E-state index is 0.0515. The highest BCUT2D eigenvalue weighted by molar-refractivity contribution is 8.00. The molecule has 0 aromatic carbocycles. The Kier molecular flexibility index (Phi) is 4.54. The maximum atomic E-state index is 11.8. The van der Waals surface area contributed by atoms with Gasteiger partial charge in [0.15, 0.2) is 0 Å². The molecule has 0 unspecified atom stereocenters. The van der Waals surface area contributed by atoms with Gasteiger partial charge >= 0.3 is 0 Å². The number of aromatic nitrogens is 4. The summed E-state index contributed by atoms with van der Waals surface area (Å²) in [7, 11) is 3.49. The maximum absolute atomic E-state index is 11.8. The Morgan fingerprint density at radius 3 is 3.00 bits per heavy atom. The highest BCUT2D eigenvalue weighted by Gasteiger charge is 2.19. The van der Waals surface area contributed by atoms with Crippen LogP contribution < -0.4 is 0 Å². The maximum Gasteiger partial charge on any atom is 0.235 e. The molecule has 0 saturated carbocycles. The molecule has 0 N–H and O–H groups in total. The number of nitrogens with zero attached hydrogens (tertiary/aromatic N) is 5. The minimum atomic E-state index is -0.205. The number of carbonyl (C=O) groups is 1. The lowest BCUT2D eigenvalue weighted by Crippen LogP contribution is -2.29. The number of hydrogen-bond donors (Lipinski definition) is 0. The monoisotopic (exact) mass is 297 g/mol. The van der Waals surface area contributed by atoms with Crippen LogP contribution >= 0.6 is 23.1 Å². The summed E-state index contributed by atoms with van der Waals surface area (Å²) in [4.78, 5) is 14.6. The van der Waals surface area contributed by atoms with Crippen molar-refractivity contribution in [3.63, 3.8) is 0 Å². The van der Waals surface area contributed by atoms with E-state index in [0.717, 1.165) is 0 Å². The molecule has 19 heavy (non-hydrogen) atoms. The molecule has 2 heterocycles. The lowest BCUT2D eigenvalue weighted by Gasteiger charge is -2.15. The Bertz CT molecular complexity index is 537. The first-order valence-corrected chi connectivity index (χ1v) is 7.50. The fourth-order valence-corrected chi connectivity index (χ4v) is 3.12. The third-order valence-electron chi connectivity index (χ3n) is 2.46. The third-order valence-corrected chi connectivity index (χ3v) is 4.38. The van der Waals surface area contributed by atoms with E-state index in [4.69, 9.17) is 0 Å². The predicted molar refractivity (Wildman–Crippen MR) is 75.3 cm³/mol. The van der Waals surface area contributed by atoms with Gasteiger partial charge in [0.2, 0.25) is 11.1 Å². The number of rotatable bonds is 5. The topological polar surface area (TPSA) is 63.9 Å². The van der Waals surface area contributed by atoms with Crippen LogP contribution in [-0.4, -0.2) is 50.4 Å². The summed E-state index contributed by atoms with van der Waals surface area (Å²) in [5, 5.41) is 14.1. The molecule has 0 radical (unpaired) electrons.